The van der Waals surface area contributed by atoms with E-state index in [1.165, 1.54) is 18.2 Å². The second kappa shape index (κ2) is 5.08. The predicted molar refractivity (Wildman–Crippen MR) is 71.5 cm³/mol. The first-order valence-electron chi connectivity index (χ1n) is 6.28. The summed E-state index contributed by atoms with van der Waals surface area (Å²) in [5, 5.41) is 13.1. The van der Waals surface area contributed by atoms with Crippen LogP contribution in [0, 0.1) is 10.1 Å². The van der Waals surface area contributed by atoms with Crippen molar-refractivity contribution in [1.82, 2.24) is 9.23 Å². The quantitative estimate of drug-likeness (QED) is 0.307. The molecule has 1 aromatic carbocycles. The van der Waals surface area contributed by atoms with E-state index in [1.807, 2.05) is 0 Å². The number of nitrogens with one attached hydrogen (secondary N) is 1. The number of hydrogen-bond acceptors (Lipinski definition) is 6. The third-order valence-corrected chi connectivity index (χ3v) is 6.73. The molecule has 1 N–H and O–H groups in total. The zero-order chi connectivity index (χ0) is 16.0. The molecule has 22 heavy (non-hydrogen) atoms. The van der Waals surface area contributed by atoms with Gasteiger partial charge in [0, 0.05) is 0 Å². The van der Waals surface area contributed by atoms with Gasteiger partial charge in [-0.25, -0.2) is 0 Å². The number of rotatable bonds is 2. The molecule has 0 radical (unpaired) electrons. The molecule has 10 heteroatoms. The molecule has 0 spiro atoms. The van der Waals surface area contributed by atoms with E-state index < -0.39 is 42.7 Å². The molecule has 114 valence electrons. The van der Waals surface area contributed by atoms with Crippen LogP contribution in [0.5, 0.6) is 0 Å². The van der Waals surface area contributed by atoms with Crippen molar-refractivity contribution in [2.75, 3.05) is 0 Å². The molecule has 2 atom stereocenters. The van der Waals surface area contributed by atoms with Gasteiger partial charge in [-0.1, -0.05) is 0 Å². The predicted octanol–water partition coefficient (Wildman–Crippen LogP) is -1.02. The number of fused-ring (bicyclic) bond motifs is 1. The zero-order valence-electron chi connectivity index (χ0n) is 11.0. The first-order chi connectivity index (χ1) is 10.4. The summed E-state index contributed by atoms with van der Waals surface area (Å²) in [6.07, 6.45) is 0.0813. The van der Waals surface area contributed by atoms with E-state index >= 15 is 0 Å². The Labute approximate surface area is 127 Å². The molecule has 1 saturated heterocycles. The molecule has 2 unspecified atom stereocenters. The number of carbonyl (C=O) groups excluding carboxylic acids is 3. The topological polar surface area (TPSA) is 127 Å². The molecule has 1 fully saturated rings. The summed E-state index contributed by atoms with van der Waals surface area (Å²) in [6.45, 7) is 0. The van der Waals surface area contributed by atoms with Crippen LogP contribution in [0.25, 0.3) is 0 Å². The van der Waals surface area contributed by atoms with Crippen LogP contribution >= 0.6 is 0 Å². The van der Waals surface area contributed by atoms with E-state index in [1.54, 1.807) is 0 Å². The summed E-state index contributed by atoms with van der Waals surface area (Å²) in [6, 6.07) is 2.82. The van der Waals surface area contributed by atoms with Crippen LogP contribution in [0.15, 0.2) is 18.2 Å². The van der Waals surface area contributed by atoms with Gasteiger partial charge in [0.05, 0.1) is 0 Å². The molecule has 0 bridgehead atoms. The second-order valence-corrected chi connectivity index (χ2v) is 7.49. The number of piperidine rings is 1. The Hall–Kier alpha value is -2.45. The van der Waals surface area contributed by atoms with Crippen LogP contribution in [0.1, 0.15) is 23.2 Å². The molecule has 9 nitrogen and oxygen atoms in total. The van der Waals surface area contributed by atoms with Gasteiger partial charge in [0.15, 0.2) is 0 Å². The Morgan fingerprint density at radius 1 is 1.32 bits per heavy atom. The van der Waals surface area contributed by atoms with Gasteiger partial charge in [0.25, 0.3) is 0 Å². The fourth-order valence-electron chi connectivity index (χ4n) is 2.48. The number of benzene rings is 1. The van der Waals surface area contributed by atoms with Crippen molar-refractivity contribution in [2.24, 2.45) is 0 Å². The van der Waals surface area contributed by atoms with Crippen molar-refractivity contribution in [1.29, 1.82) is 0 Å². The summed E-state index contributed by atoms with van der Waals surface area (Å²) in [5.74, 6) is -1.84. The summed E-state index contributed by atoms with van der Waals surface area (Å²) < 4.78 is 13.4. The van der Waals surface area contributed by atoms with E-state index in [4.69, 9.17) is 0 Å². The van der Waals surface area contributed by atoms with Gasteiger partial charge in [-0.2, -0.15) is 0 Å². The molecule has 2 heterocycles. The summed E-state index contributed by atoms with van der Waals surface area (Å²) >= 11 is -3.27. The second-order valence-electron chi connectivity index (χ2n) is 4.76. The fourth-order valence-corrected chi connectivity index (χ4v) is 5.71. The Balaban J connectivity index is 2.04. The van der Waals surface area contributed by atoms with Crippen LogP contribution in [-0.2, 0) is 13.4 Å². The van der Waals surface area contributed by atoms with Gasteiger partial charge in [-0.3, -0.25) is 0 Å². The normalized spacial score (nSPS) is 24.2. The van der Waals surface area contributed by atoms with Crippen LogP contribution in [0.4, 0.5) is 5.69 Å². The fraction of sp³-hybridized carbons (Fsp3) is 0.250. The van der Waals surface area contributed by atoms with Crippen LogP contribution in [0.2, 0.25) is 0 Å². The Morgan fingerprint density at radius 2 is 2.05 bits per heavy atom. The van der Waals surface area contributed by atoms with Crippen LogP contribution in [-0.4, -0.2) is 46.7 Å². The Morgan fingerprint density at radius 3 is 2.68 bits per heavy atom. The summed E-state index contributed by atoms with van der Waals surface area (Å²) in [5.41, 5.74) is -0.403. The van der Waals surface area contributed by atoms with Crippen molar-refractivity contribution in [3.05, 3.63) is 33.9 Å². The molecule has 0 aliphatic carbocycles. The zero-order valence-corrected chi connectivity index (χ0v) is 12.7. The van der Waals surface area contributed by atoms with E-state index in [0.29, 0.717) is 0 Å². The van der Waals surface area contributed by atoms with Gasteiger partial charge in [0.1, 0.15) is 0 Å². The molecule has 3 rings (SSSR count). The first-order valence-corrected chi connectivity index (χ1v) is 8.60. The number of nitro groups is 1. The number of hydrogen-bond donors (Lipinski definition) is 1. The molecule has 1 aromatic rings. The third-order valence-electron chi connectivity index (χ3n) is 3.47. The molecule has 2 aliphatic rings. The number of amides is 3. The number of nitrogens with zero attached hydrogens (tertiary/aromatic N) is 2. The van der Waals surface area contributed by atoms with Crippen molar-refractivity contribution in [3.8, 4) is 0 Å². The van der Waals surface area contributed by atoms with Gasteiger partial charge >= 0.3 is 127 Å². The molecule has 2 aliphatic heterocycles. The summed E-state index contributed by atoms with van der Waals surface area (Å²) in [4.78, 5) is 45.8. The van der Waals surface area contributed by atoms with Crippen LogP contribution in [0.3, 0.4) is 0 Å². The van der Waals surface area contributed by atoms with E-state index in [9.17, 15) is 28.3 Å². The van der Waals surface area contributed by atoms with E-state index in [0.717, 1.165) is 3.92 Å². The van der Waals surface area contributed by atoms with Crippen molar-refractivity contribution >= 4 is 41.9 Å². The minimum atomic E-state index is -3.27. The number of carbonyl (C=O) groups is 3. The molecule has 0 saturated carbocycles. The van der Waals surface area contributed by atoms with Crippen molar-refractivity contribution in [2.45, 2.75) is 18.9 Å². The standard InChI is InChI=1S/C12H9N3O6Se/c16-9-5-4-8(11(17)13-9)14-12(18)6-2-1-3-7(15(19)20)10(6)22(14)21/h1-3,8H,4-5H2,(H,13,16,17). The van der Waals surface area contributed by atoms with Crippen molar-refractivity contribution in [3.63, 3.8) is 0 Å². The van der Waals surface area contributed by atoms with Crippen molar-refractivity contribution < 1.29 is 23.1 Å². The van der Waals surface area contributed by atoms with E-state index in [-0.39, 0.29) is 28.6 Å². The average molecular weight is 370 g/mol. The summed E-state index contributed by atoms with van der Waals surface area (Å²) in [7, 11) is 0. The molecular weight excluding hydrogens is 361 g/mol. The van der Waals surface area contributed by atoms with Gasteiger partial charge in [0.2, 0.25) is 0 Å². The van der Waals surface area contributed by atoms with Gasteiger partial charge in [-0.05, 0) is 0 Å². The van der Waals surface area contributed by atoms with Gasteiger partial charge < -0.3 is 0 Å². The molecule has 0 aromatic heterocycles. The molecular formula is C12H9N3O6Se. The first kappa shape index (κ1) is 14.5. The van der Waals surface area contributed by atoms with E-state index in [2.05, 4.69) is 5.32 Å². The van der Waals surface area contributed by atoms with Gasteiger partial charge in [-0.15, -0.1) is 0 Å². The third kappa shape index (κ3) is 2.04. The Bertz CT molecular complexity index is 761. The Kier molecular flexibility index (Phi) is 3.34. The number of nitro benzene ring substituents is 1. The number of imide groups is 1. The average Bonchev–Trinajstić information content (AvgIpc) is 2.72. The SMILES string of the molecule is O=C1CCC(N2C(=O)c3cccc([N+](=O)[O-])c3[Se]2=O)C(=O)N1. The van der Waals surface area contributed by atoms with Crippen LogP contribution < -0.4 is 9.78 Å². The minimum absolute atomic E-state index is 0.0149. The maximum atomic E-state index is 12.6. The monoisotopic (exact) mass is 371 g/mol. The maximum absolute atomic E-state index is 12.6. The molecule has 3 amide bonds.